The third-order valence-electron chi connectivity index (χ3n) is 3.38. The maximum atomic E-state index is 11.3. The van der Waals surface area contributed by atoms with Gasteiger partial charge in [0.1, 0.15) is 17.5 Å². The van der Waals surface area contributed by atoms with Gasteiger partial charge in [0.2, 0.25) is 0 Å². The molecule has 1 aromatic rings. The second kappa shape index (κ2) is 7.79. The van der Waals surface area contributed by atoms with Gasteiger partial charge in [-0.15, -0.1) is 0 Å². The molecule has 7 heteroatoms. The summed E-state index contributed by atoms with van der Waals surface area (Å²) in [7, 11) is 5.76. The summed E-state index contributed by atoms with van der Waals surface area (Å²) < 4.78 is 0. The van der Waals surface area contributed by atoms with Crippen molar-refractivity contribution >= 4 is 34.7 Å². The maximum Gasteiger partial charge on any atom is 0.164 e. The summed E-state index contributed by atoms with van der Waals surface area (Å²) in [6.45, 7) is 0.917. The van der Waals surface area contributed by atoms with Crippen LogP contribution in [0.3, 0.4) is 0 Å². The summed E-state index contributed by atoms with van der Waals surface area (Å²) in [4.78, 5) is 24.1. The molecule has 1 aliphatic rings. The number of anilines is 1. The van der Waals surface area contributed by atoms with Gasteiger partial charge in [0.05, 0.1) is 5.70 Å². The van der Waals surface area contributed by atoms with Gasteiger partial charge in [0.25, 0.3) is 0 Å². The van der Waals surface area contributed by atoms with Gasteiger partial charge in [0, 0.05) is 45.2 Å². The summed E-state index contributed by atoms with van der Waals surface area (Å²) in [5, 5.41) is 10.1. The zero-order valence-electron chi connectivity index (χ0n) is 13.5. The first-order valence-electron chi connectivity index (χ1n) is 7.22. The number of aromatic nitrogens is 1. The Labute approximate surface area is 140 Å². The quantitative estimate of drug-likeness (QED) is 0.478. The number of amidine groups is 1. The second-order valence-corrected chi connectivity index (χ2v) is 6.37. The fourth-order valence-corrected chi connectivity index (χ4v) is 3.01. The van der Waals surface area contributed by atoms with E-state index >= 15 is 0 Å². The molecular weight excluding hydrogens is 310 g/mol. The highest BCUT2D eigenvalue weighted by atomic mass is 32.2. The maximum absolute atomic E-state index is 11.3. The van der Waals surface area contributed by atoms with Crippen molar-refractivity contribution in [3.05, 3.63) is 29.5 Å². The molecule has 0 saturated carbocycles. The average molecular weight is 329 g/mol. The summed E-state index contributed by atoms with van der Waals surface area (Å²) in [6.07, 6.45) is 3.28. The first kappa shape index (κ1) is 17.0. The highest BCUT2D eigenvalue weighted by Gasteiger charge is 2.16. The van der Waals surface area contributed by atoms with E-state index in [1.54, 1.807) is 18.0 Å². The first-order valence-corrected chi connectivity index (χ1v) is 8.21. The minimum atomic E-state index is 0.0106. The SMILES string of the molecule is CN1CCCS/C1=N/C(=C(/C#N)C=O)c1ccc(N(C)C)nc1. The van der Waals surface area contributed by atoms with Crippen LogP contribution in [0.4, 0.5) is 5.82 Å². The van der Waals surface area contributed by atoms with Crippen molar-refractivity contribution in [2.75, 3.05) is 38.3 Å². The van der Waals surface area contributed by atoms with Crippen LogP contribution in [0, 0.1) is 11.3 Å². The molecule has 1 saturated heterocycles. The van der Waals surface area contributed by atoms with Crippen molar-refractivity contribution in [3.8, 4) is 6.07 Å². The number of aliphatic imine (C=N–C) groups is 1. The van der Waals surface area contributed by atoms with Gasteiger partial charge in [-0.3, -0.25) is 4.79 Å². The van der Waals surface area contributed by atoms with E-state index in [-0.39, 0.29) is 5.57 Å². The summed E-state index contributed by atoms with van der Waals surface area (Å²) in [5.74, 6) is 1.78. The molecule has 0 unspecified atom stereocenters. The molecule has 2 heterocycles. The van der Waals surface area contributed by atoms with E-state index in [4.69, 9.17) is 0 Å². The Kier molecular flexibility index (Phi) is 5.77. The van der Waals surface area contributed by atoms with Crippen molar-refractivity contribution in [1.82, 2.24) is 9.88 Å². The molecule has 0 N–H and O–H groups in total. The van der Waals surface area contributed by atoms with E-state index in [0.29, 0.717) is 17.5 Å². The molecule has 0 atom stereocenters. The van der Waals surface area contributed by atoms with Crippen LogP contribution in [-0.4, -0.2) is 54.8 Å². The lowest BCUT2D eigenvalue weighted by molar-refractivity contribution is -0.104. The van der Waals surface area contributed by atoms with Crippen molar-refractivity contribution in [3.63, 3.8) is 0 Å². The Morgan fingerprint density at radius 1 is 1.52 bits per heavy atom. The Morgan fingerprint density at radius 2 is 2.30 bits per heavy atom. The highest BCUT2D eigenvalue weighted by molar-refractivity contribution is 8.13. The average Bonchev–Trinajstić information content (AvgIpc) is 2.57. The Bertz CT molecular complexity index is 673. The molecule has 1 aliphatic heterocycles. The van der Waals surface area contributed by atoms with Crippen LogP contribution in [0.15, 0.2) is 28.9 Å². The molecule has 2 rings (SSSR count). The molecule has 0 aromatic carbocycles. The number of nitrogens with zero attached hydrogens (tertiary/aromatic N) is 5. The molecule has 120 valence electrons. The number of thioether (sulfide) groups is 1. The summed E-state index contributed by atoms with van der Waals surface area (Å²) in [5.41, 5.74) is 1.04. The minimum Gasteiger partial charge on any atom is -0.363 e. The van der Waals surface area contributed by atoms with Crippen molar-refractivity contribution < 1.29 is 4.79 Å². The van der Waals surface area contributed by atoms with E-state index in [1.807, 2.05) is 49.1 Å². The van der Waals surface area contributed by atoms with E-state index in [2.05, 4.69) is 9.98 Å². The van der Waals surface area contributed by atoms with Crippen LogP contribution in [0.25, 0.3) is 5.70 Å². The van der Waals surface area contributed by atoms with Crippen LogP contribution in [-0.2, 0) is 4.79 Å². The Balaban J connectivity index is 2.47. The number of aldehydes is 1. The minimum absolute atomic E-state index is 0.0106. The number of pyridine rings is 1. The van der Waals surface area contributed by atoms with Gasteiger partial charge in [-0.05, 0) is 18.6 Å². The number of hydrogen-bond donors (Lipinski definition) is 0. The predicted molar refractivity (Wildman–Crippen MR) is 94.3 cm³/mol. The van der Waals surface area contributed by atoms with E-state index in [1.165, 1.54) is 0 Å². The fraction of sp³-hybridized carbons (Fsp3) is 0.375. The molecule has 0 spiro atoms. The number of carbonyl (C=O) groups excluding carboxylic acids is 1. The molecular formula is C16H19N5OS. The van der Waals surface area contributed by atoms with Crippen molar-refractivity contribution in [1.29, 1.82) is 5.26 Å². The highest BCUT2D eigenvalue weighted by Crippen LogP contribution is 2.25. The van der Waals surface area contributed by atoms with E-state index in [0.717, 1.165) is 29.7 Å². The van der Waals surface area contributed by atoms with Crippen molar-refractivity contribution in [2.45, 2.75) is 6.42 Å². The molecule has 23 heavy (non-hydrogen) atoms. The topological polar surface area (TPSA) is 72.6 Å². The zero-order valence-corrected chi connectivity index (χ0v) is 14.3. The smallest absolute Gasteiger partial charge is 0.164 e. The number of allylic oxidation sites excluding steroid dienone is 1. The van der Waals surface area contributed by atoms with Crippen LogP contribution in [0.5, 0.6) is 0 Å². The predicted octanol–water partition coefficient (Wildman–Crippen LogP) is 2.01. The van der Waals surface area contributed by atoms with Crippen LogP contribution in [0.1, 0.15) is 12.0 Å². The number of rotatable bonds is 4. The summed E-state index contributed by atoms with van der Waals surface area (Å²) in [6, 6.07) is 5.60. The molecule has 0 amide bonds. The lowest BCUT2D eigenvalue weighted by atomic mass is 10.1. The third-order valence-corrected chi connectivity index (χ3v) is 4.53. The summed E-state index contributed by atoms with van der Waals surface area (Å²) >= 11 is 1.63. The van der Waals surface area contributed by atoms with Crippen LogP contribution in [0.2, 0.25) is 0 Å². The molecule has 1 fully saturated rings. The zero-order chi connectivity index (χ0) is 16.8. The van der Waals surface area contributed by atoms with Gasteiger partial charge in [0.15, 0.2) is 11.5 Å². The van der Waals surface area contributed by atoms with Crippen molar-refractivity contribution in [2.24, 2.45) is 4.99 Å². The lowest BCUT2D eigenvalue weighted by Gasteiger charge is -2.25. The standard InChI is InChI=1S/C16H19N5OS/c1-20(2)14-6-5-12(10-18-14)15(13(9-17)11-22)19-16-21(3)7-4-8-23-16/h5-6,10-11H,4,7-8H2,1-3H3/b15-13-,19-16+. The molecule has 0 radical (unpaired) electrons. The molecule has 0 bridgehead atoms. The first-order chi connectivity index (χ1) is 11.1. The fourth-order valence-electron chi connectivity index (χ4n) is 2.09. The lowest BCUT2D eigenvalue weighted by Crippen LogP contribution is -2.30. The number of carbonyl (C=O) groups is 1. The molecule has 6 nitrogen and oxygen atoms in total. The van der Waals surface area contributed by atoms with Crippen LogP contribution < -0.4 is 4.90 Å². The molecule has 0 aliphatic carbocycles. The van der Waals surface area contributed by atoms with Gasteiger partial charge in [-0.25, -0.2) is 9.98 Å². The monoisotopic (exact) mass is 329 g/mol. The third kappa shape index (κ3) is 4.11. The van der Waals surface area contributed by atoms with Gasteiger partial charge in [-0.2, -0.15) is 5.26 Å². The van der Waals surface area contributed by atoms with E-state index in [9.17, 15) is 10.1 Å². The largest absolute Gasteiger partial charge is 0.363 e. The normalized spacial score (nSPS) is 17.5. The van der Waals surface area contributed by atoms with E-state index < -0.39 is 0 Å². The second-order valence-electron chi connectivity index (χ2n) is 5.31. The Morgan fingerprint density at radius 3 is 2.83 bits per heavy atom. The Hall–Kier alpha value is -2.33. The van der Waals surface area contributed by atoms with Gasteiger partial charge < -0.3 is 9.80 Å². The van der Waals surface area contributed by atoms with Crippen LogP contribution >= 0.6 is 11.8 Å². The molecule has 1 aromatic heterocycles. The number of hydrogen-bond acceptors (Lipinski definition) is 6. The number of nitriles is 1. The van der Waals surface area contributed by atoms with Gasteiger partial charge in [-0.1, -0.05) is 11.8 Å². The van der Waals surface area contributed by atoms with Gasteiger partial charge >= 0.3 is 0 Å².